The summed E-state index contributed by atoms with van der Waals surface area (Å²) in [4.78, 5) is 23.1. The largest absolute Gasteiger partial charge is 0.454 e. The van der Waals surface area contributed by atoms with Crippen molar-refractivity contribution >= 4 is 33.0 Å². The Morgan fingerprint density at radius 1 is 1.19 bits per heavy atom. The number of carbonyl (C=O) groups is 2. The third-order valence-electron chi connectivity index (χ3n) is 3.80. The Labute approximate surface area is 154 Å². The van der Waals surface area contributed by atoms with E-state index in [0.29, 0.717) is 17.1 Å². The van der Waals surface area contributed by atoms with Crippen LogP contribution in [0.15, 0.2) is 39.9 Å². The molecule has 2 aromatic rings. The molecular weight excluding hydrogens is 380 g/mol. The van der Waals surface area contributed by atoms with E-state index in [0.717, 1.165) is 11.3 Å². The average Bonchev–Trinajstić information content (AvgIpc) is 3.32. The molecule has 26 heavy (non-hydrogen) atoms. The summed E-state index contributed by atoms with van der Waals surface area (Å²) in [6.45, 7) is -0.194. The van der Waals surface area contributed by atoms with Crippen molar-refractivity contribution in [3.05, 3.63) is 41.3 Å². The summed E-state index contributed by atoms with van der Waals surface area (Å²) in [5, 5.41) is 5.14. The Hall–Kier alpha value is -2.59. The third-order valence-corrected chi connectivity index (χ3v) is 7.33. The third kappa shape index (κ3) is 3.51. The SMILES string of the molecule is CNC(=O)C(=O)NC[C@@H](c1ccc2c(c1)OCO2)S(=O)(=O)c1cccs1. The zero-order chi connectivity index (χ0) is 18.7. The summed E-state index contributed by atoms with van der Waals surface area (Å²) >= 11 is 1.09. The highest BCUT2D eigenvalue weighted by molar-refractivity contribution is 7.93. The van der Waals surface area contributed by atoms with Gasteiger partial charge in [0.2, 0.25) is 6.79 Å². The fraction of sp³-hybridized carbons (Fsp3) is 0.250. The molecule has 0 saturated carbocycles. The summed E-state index contributed by atoms with van der Waals surface area (Å²) in [5.41, 5.74) is 0.430. The number of hydrogen-bond donors (Lipinski definition) is 2. The lowest BCUT2D eigenvalue weighted by atomic mass is 10.1. The Morgan fingerprint density at radius 2 is 1.96 bits per heavy atom. The maximum Gasteiger partial charge on any atom is 0.309 e. The Morgan fingerprint density at radius 3 is 2.65 bits per heavy atom. The topological polar surface area (TPSA) is 111 Å². The molecule has 0 spiro atoms. The number of fused-ring (bicyclic) bond motifs is 1. The standard InChI is InChI=1S/C16H16N2O6S2/c1-17-15(19)16(20)18-8-13(26(21,22)14-3-2-6-25-14)10-4-5-11-12(7-10)24-9-23-11/h2-7,13H,8-9H2,1H3,(H,17,19)(H,18,20)/t13-/m0/s1. The van der Waals surface area contributed by atoms with E-state index in [1.807, 2.05) is 0 Å². The molecule has 0 aliphatic carbocycles. The maximum absolute atomic E-state index is 13.0. The van der Waals surface area contributed by atoms with Crippen LogP contribution in [0.2, 0.25) is 0 Å². The summed E-state index contributed by atoms with van der Waals surface area (Å²) in [6, 6.07) is 7.94. The molecule has 0 fully saturated rings. The lowest BCUT2D eigenvalue weighted by Gasteiger charge is -2.18. The van der Waals surface area contributed by atoms with Crippen molar-refractivity contribution in [1.82, 2.24) is 10.6 Å². The van der Waals surface area contributed by atoms with Crippen molar-refractivity contribution in [3.8, 4) is 11.5 Å². The minimum absolute atomic E-state index is 0.0640. The van der Waals surface area contributed by atoms with Gasteiger partial charge in [0, 0.05) is 13.6 Å². The van der Waals surface area contributed by atoms with E-state index < -0.39 is 26.9 Å². The van der Waals surface area contributed by atoms with Crippen molar-refractivity contribution in [2.24, 2.45) is 0 Å². The van der Waals surface area contributed by atoms with Gasteiger partial charge < -0.3 is 20.1 Å². The van der Waals surface area contributed by atoms with Crippen molar-refractivity contribution in [2.75, 3.05) is 20.4 Å². The second kappa shape index (κ2) is 7.34. The maximum atomic E-state index is 13.0. The molecule has 2 N–H and O–H groups in total. The number of rotatable bonds is 5. The molecule has 2 amide bonds. The van der Waals surface area contributed by atoms with Gasteiger partial charge in [-0.25, -0.2) is 8.42 Å². The Bertz CT molecular complexity index is 924. The number of hydrogen-bond acceptors (Lipinski definition) is 7. The van der Waals surface area contributed by atoms with Gasteiger partial charge in [-0.1, -0.05) is 12.1 Å². The van der Waals surface area contributed by atoms with E-state index in [1.165, 1.54) is 13.1 Å². The zero-order valence-electron chi connectivity index (χ0n) is 13.7. The van der Waals surface area contributed by atoms with Crippen LogP contribution in [0.5, 0.6) is 11.5 Å². The molecule has 0 unspecified atom stereocenters. The van der Waals surface area contributed by atoms with E-state index in [-0.39, 0.29) is 17.5 Å². The van der Waals surface area contributed by atoms with Gasteiger partial charge in [-0.15, -0.1) is 11.3 Å². The number of thiophene rings is 1. The van der Waals surface area contributed by atoms with E-state index in [4.69, 9.17) is 9.47 Å². The summed E-state index contributed by atoms with van der Waals surface area (Å²) in [7, 11) is -2.46. The molecule has 2 heterocycles. The van der Waals surface area contributed by atoms with Gasteiger partial charge in [0.05, 0.1) is 0 Å². The molecule has 1 aliphatic rings. The van der Waals surface area contributed by atoms with E-state index in [1.54, 1.807) is 29.6 Å². The Kier molecular flexibility index (Phi) is 5.14. The van der Waals surface area contributed by atoms with Crippen molar-refractivity contribution in [3.63, 3.8) is 0 Å². The fourth-order valence-electron chi connectivity index (χ4n) is 2.46. The van der Waals surface area contributed by atoms with Crippen LogP contribution in [-0.4, -0.2) is 40.6 Å². The number of sulfone groups is 1. The van der Waals surface area contributed by atoms with Gasteiger partial charge in [0.1, 0.15) is 9.46 Å². The quantitative estimate of drug-likeness (QED) is 0.725. The van der Waals surface area contributed by atoms with Crippen LogP contribution in [0, 0.1) is 0 Å². The number of benzene rings is 1. The molecular formula is C16H16N2O6S2. The molecule has 0 radical (unpaired) electrons. The average molecular weight is 396 g/mol. The highest BCUT2D eigenvalue weighted by Gasteiger charge is 2.32. The van der Waals surface area contributed by atoms with Crippen LogP contribution in [0.4, 0.5) is 0 Å². The van der Waals surface area contributed by atoms with Gasteiger partial charge in [-0.05, 0) is 29.1 Å². The van der Waals surface area contributed by atoms with Gasteiger partial charge in [-0.3, -0.25) is 9.59 Å². The second-order valence-electron chi connectivity index (χ2n) is 5.37. The van der Waals surface area contributed by atoms with E-state index in [9.17, 15) is 18.0 Å². The van der Waals surface area contributed by atoms with E-state index in [2.05, 4.69) is 10.6 Å². The molecule has 1 atom stereocenters. The van der Waals surface area contributed by atoms with E-state index >= 15 is 0 Å². The van der Waals surface area contributed by atoms with Crippen LogP contribution >= 0.6 is 11.3 Å². The zero-order valence-corrected chi connectivity index (χ0v) is 15.4. The first kappa shape index (κ1) is 18.2. The van der Waals surface area contributed by atoms with Crippen molar-refractivity contribution < 1.29 is 27.5 Å². The van der Waals surface area contributed by atoms with Gasteiger partial charge in [0.15, 0.2) is 21.3 Å². The Balaban J connectivity index is 1.94. The number of amides is 2. The lowest BCUT2D eigenvalue weighted by Crippen LogP contribution is -2.40. The minimum Gasteiger partial charge on any atom is -0.454 e. The fourth-order valence-corrected chi connectivity index (χ4v) is 5.32. The molecule has 0 bridgehead atoms. The van der Waals surface area contributed by atoms with Gasteiger partial charge in [-0.2, -0.15) is 0 Å². The first-order valence-electron chi connectivity index (χ1n) is 7.60. The summed E-state index contributed by atoms with van der Waals surface area (Å²) in [5.74, 6) is -0.787. The van der Waals surface area contributed by atoms with Gasteiger partial charge >= 0.3 is 11.8 Å². The first-order chi connectivity index (χ1) is 12.4. The van der Waals surface area contributed by atoms with Crippen LogP contribution in [0.1, 0.15) is 10.8 Å². The predicted molar refractivity (Wildman–Crippen MR) is 93.9 cm³/mol. The number of nitrogens with one attached hydrogen (secondary N) is 2. The molecule has 10 heteroatoms. The number of carbonyl (C=O) groups excluding carboxylic acids is 2. The summed E-state index contributed by atoms with van der Waals surface area (Å²) in [6.07, 6.45) is 0. The van der Waals surface area contributed by atoms with Crippen LogP contribution < -0.4 is 20.1 Å². The number of likely N-dealkylation sites (N-methyl/N-ethyl adjacent to an activating group) is 1. The lowest BCUT2D eigenvalue weighted by molar-refractivity contribution is -0.138. The van der Waals surface area contributed by atoms with Crippen LogP contribution in [-0.2, 0) is 19.4 Å². The molecule has 0 saturated heterocycles. The van der Waals surface area contributed by atoms with Crippen molar-refractivity contribution in [1.29, 1.82) is 0 Å². The minimum atomic E-state index is -3.78. The highest BCUT2D eigenvalue weighted by Crippen LogP contribution is 2.38. The molecule has 1 aliphatic heterocycles. The smallest absolute Gasteiger partial charge is 0.309 e. The number of ether oxygens (including phenoxy) is 2. The highest BCUT2D eigenvalue weighted by atomic mass is 32.2. The molecule has 1 aromatic heterocycles. The first-order valence-corrected chi connectivity index (χ1v) is 10.0. The second-order valence-corrected chi connectivity index (χ2v) is 8.67. The monoisotopic (exact) mass is 396 g/mol. The molecule has 3 rings (SSSR count). The predicted octanol–water partition coefficient (Wildman–Crippen LogP) is 0.854. The normalized spacial score (nSPS) is 13.9. The van der Waals surface area contributed by atoms with Crippen molar-refractivity contribution in [2.45, 2.75) is 9.46 Å². The summed E-state index contributed by atoms with van der Waals surface area (Å²) < 4.78 is 36.8. The van der Waals surface area contributed by atoms with Crippen LogP contribution in [0.3, 0.4) is 0 Å². The molecule has 1 aromatic carbocycles. The van der Waals surface area contributed by atoms with Gasteiger partial charge in [0.25, 0.3) is 0 Å². The van der Waals surface area contributed by atoms with Crippen LogP contribution in [0.25, 0.3) is 0 Å². The molecule has 8 nitrogen and oxygen atoms in total. The molecule has 138 valence electrons.